The van der Waals surface area contributed by atoms with Crippen LogP contribution in [0.25, 0.3) is 11.1 Å². The maximum Gasteiger partial charge on any atom is 0.230 e. The van der Waals surface area contributed by atoms with Gasteiger partial charge in [0.05, 0.1) is 11.8 Å². The first-order valence-electron chi connectivity index (χ1n) is 5.67. The van der Waals surface area contributed by atoms with E-state index in [9.17, 15) is 5.11 Å². The number of aryl methyl sites for hydroxylation is 1. The van der Waals surface area contributed by atoms with E-state index >= 15 is 0 Å². The Bertz CT molecular complexity index is 561. The highest BCUT2D eigenvalue weighted by Crippen LogP contribution is 2.37. The molecule has 1 aromatic carbocycles. The van der Waals surface area contributed by atoms with Crippen LogP contribution < -0.4 is 5.73 Å². The van der Waals surface area contributed by atoms with Crippen molar-refractivity contribution in [2.75, 3.05) is 19.8 Å². The molecule has 0 aliphatic carbocycles. The van der Waals surface area contributed by atoms with E-state index < -0.39 is 0 Å². The molecule has 0 radical (unpaired) electrons. The number of phenolic OH excluding ortho intramolecular Hbond substituents is 1. The van der Waals surface area contributed by atoms with Crippen molar-refractivity contribution in [1.29, 1.82) is 0 Å². The van der Waals surface area contributed by atoms with Crippen LogP contribution in [-0.2, 0) is 6.54 Å². The summed E-state index contributed by atoms with van der Waals surface area (Å²) in [5.41, 5.74) is 8.88. The van der Waals surface area contributed by atoms with E-state index in [4.69, 9.17) is 10.3 Å². The van der Waals surface area contributed by atoms with Gasteiger partial charge in [-0.1, -0.05) is 17.3 Å². The molecule has 0 saturated carbocycles. The molecule has 0 amide bonds. The number of benzene rings is 1. The van der Waals surface area contributed by atoms with Gasteiger partial charge in [0.25, 0.3) is 0 Å². The minimum Gasteiger partial charge on any atom is -0.507 e. The fourth-order valence-electron chi connectivity index (χ4n) is 1.92. The van der Waals surface area contributed by atoms with Crippen molar-refractivity contribution in [3.63, 3.8) is 0 Å². The van der Waals surface area contributed by atoms with Crippen molar-refractivity contribution in [2.24, 2.45) is 0 Å². The Hall–Kier alpha value is -2.01. The molecule has 0 atom stereocenters. The molecule has 96 valence electrons. The van der Waals surface area contributed by atoms with Crippen molar-refractivity contribution in [3.05, 3.63) is 29.5 Å². The van der Waals surface area contributed by atoms with Gasteiger partial charge in [0.1, 0.15) is 5.75 Å². The zero-order chi connectivity index (χ0) is 13.3. The second-order valence-corrected chi connectivity index (χ2v) is 4.60. The van der Waals surface area contributed by atoms with Crippen molar-refractivity contribution in [2.45, 2.75) is 13.5 Å². The van der Waals surface area contributed by atoms with Crippen LogP contribution in [-0.4, -0.2) is 29.3 Å². The summed E-state index contributed by atoms with van der Waals surface area (Å²) in [6, 6.07) is 3.78. The molecule has 0 spiro atoms. The van der Waals surface area contributed by atoms with Crippen LogP contribution in [0.15, 0.2) is 22.9 Å². The average molecular weight is 247 g/mol. The largest absolute Gasteiger partial charge is 0.507 e. The van der Waals surface area contributed by atoms with E-state index in [1.807, 2.05) is 38.1 Å². The van der Waals surface area contributed by atoms with Gasteiger partial charge in [-0.05, 0) is 26.6 Å². The first-order valence-corrected chi connectivity index (χ1v) is 5.67. The molecule has 0 aliphatic heterocycles. The summed E-state index contributed by atoms with van der Waals surface area (Å²) in [7, 11) is 3.92. The lowest BCUT2D eigenvalue weighted by Crippen LogP contribution is -2.12. The lowest BCUT2D eigenvalue weighted by atomic mass is 9.99. The highest BCUT2D eigenvalue weighted by molar-refractivity contribution is 5.78. The first-order chi connectivity index (χ1) is 8.50. The Labute approximate surface area is 106 Å². The third kappa shape index (κ3) is 2.17. The zero-order valence-electron chi connectivity index (χ0n) is 10.8. The van der Waals surface area contributed by atoms with Gasteiger partial charge in [-0.3, -0.25) is 0 Å². The molecule has 0 bridgehead atoms. The Morgan fingerprint density at radius 3 is 2.61 bits per heavy atom. The topological polar surface area (TPSA) is 75.5 Å². The summed E-state index contributed by atoms with van der Waals surface area (Å²) in [5, 5.41) is 14.0. The summed E-state index contributed by atoms with van der Waals surface area (Å²) in [6.07, 6.45) is 1.51. The van der Waals surface area contributed by atoms with E-state index in [2.05, 4.69) is 5.16 Å². The van der Waals surface area contributed by atoms with Crippen LogP contribution >= 0.6 is 0 Å². The molecular weight excluding hydrogens is 230 g/mol. The van der Waals surface area contributed by atoms with Crippen molar-refractivity contribution >= 4 is 5.88 Å². The summed E-state index contributed by atoms with van der Waals surface area (Å²) in [5.74, 6) is 0.448. The SMILES string of the molecule is Cc1ccc(-c2cnoc2N)c(O)c1CN(C)C. The maximum atomic E-state index is 10.4. The lowest BCUT2D eigenvalue weighted by molar-refractivity contribution is 0.385. The highest BCUT2D eigenvalue weighted by atomic mass is 16.5. The van der Waals surface area contributed by atoms with Gasteiger partial charge in [0.2, 0.25) is 5.88 Å². The molecule has 0 unspecified atom stereocenters. The third-order valence-electron chi connectivity index (χ3n) is 2.88. The quantitative estimate of drug-likeness (QED) is 0.867. The number of rotatable bonds is 3. The van der Waals surface area contributed by atoms with Crippen molar-refractivity contribution in [1.82, 2.24) is 10.1 Å². The van der Waals surface area contributed by atoms with Gasteiger partial charge in [-0.2, -0.15) is 0 Å². The fourth-order valence-corrected chi connectivity index (χ4v) is 1.92. The van der Waals surface area contributed by atoms with Crippen LogP contribution in [0.3, 0.4) is 0 Å². The Morgan fingerprint density at radius 1 is 1.33 bits per heavy atom. The van der Waals surface area contributed by atoms with Gasteiger partial charge in [0, 0.05) is 17.7 Å². The van der Waals surface area contributed by atoms with E-state index in [1.165, 1.54) is 6.20 Å². The number of anilines is 1. The van der Waals surface area contributed by atoms with Crippen LogP contribution in [0.2, 0.25) is 0 Å². The van der Waals surface area contributed by atoms with Crippen LogP contribution in [0.4, 0.5) is 5.88 Å². The van der Waals surface area contributed by atoms with Crippen LogP contribution in [0.1, 0.15) is 11.1 Å². The number of nitrogen functional groups attached to an aromatic ring is 1. The Morgan fingerprint density at radius 2 is 2.06 bits per heavy atom. The van der Waals surface area contributed by atoms with E-state index in [0.29, 0.717) is 17.7 Å². The molecule has 2 aromatic rings. The standard InChI is InChI=1S/C13H17N3O2/c1-8-4-5-9(10-6-15-18-13(10)14)12(17)11(8)7-16(2)3/h4-6,17H,7,14H2,1-3H3. The van der Waals surface area contributed by atoms with E-state index in [1.54, 1.807) is 0 Å². The molecule has 1 aromatic heterocycles. The fraction of sp³-hybridized carbons (Fsp3) is 0.308. The number of aromatic nitrogens is 1. The maximum absolute atomic E-state index is 10.4. The first kappa shape index (κ1) is 12.4. The van der Waals surface area contributed by atoms with Crippen molar-refractivity contribution < 1.29 is 9.63 Å². The molecule has 1 heterocycles. The second-order valence-electron chi connectivity index (χ2n) is 4.60. The molecule has 3 N–H and O–H groups in total. The Balaban J connectivity index is 2.54. The highest BCUT2D eigenvalue weighted by Gasteiger charge is 2.16. The second kappa shape index (κ2) is 4.70. The molecule has 5 heteroatoms. The van der Waals surface area contributed by atoms with Crippen molar-refractivity contribution in [3.8, 4) is 16.9 Å². The van der Waals surface area contributed by atoms with Gasteiger partial charge < -0.3 is 20.3 Å². The van der Waals surface area contributed by atoms with Crippen LogP contribution in [0, 0.1) is 6.92 Å². The molecule has 0 saturated heterocycles. The van der Waals surface area contributed by atoms with Gasteiger partial charge in [-0.15, -0.1) is 0 Å². The number of aromatic hydroxyl groups is 1. The monoisotopic (exact) mass is 247 g/mol. The minimum atomic E-state index is 0.213. The van der Waals surface area contributed by atoms with Crippen LogP contribution in [0.5, 0.6) is 5.75 Å². The lowest BCUT2D eigenvalue weighted by Gasteiger charge is -2.16. The third-order valence-corrected chi connectivity index (χ3v) is 2.88. The van der Waals surface area contributed by atoms with Gasteiger partial charge in [0.15, 0.2) is 0 Å². The summed E-state index contributed by atoms with van der Waals surface area (Å²) < 4.78 is 4.83. The molecule has 18 heavy (non-hydrogen) atoms. The Kier molecular flexibility index (Phi) is 3.25. The average Bonchev–Trinajstić information content (AvgIpc) is 2.71. The summed E-state index contributed by atoms with van der Waals surface area (Å²) >= 11 is 0. The minimum absolute atomic E-state index is 0.213. The van der Waals surface area contributed by atoms with Gasteiger partial charge in [-0.25, -0.2) is 0 Å². The molecule has 0 aliphatic rings. The van der Waals surface area contributed by atoms with E-state index in [-0.39, 0.29) is 11.6 Å². The molecule has 0 fully saturated rings. The number of hydrogen-bond acceptors (Lipinski definition) is 5. The zero-order valence-corrected chi connectivity index (χ0v) is 10.8. The normalized spacial score (nSPS) is 11.1. The molecule has 2 rings (SSSR count). The summed E-state index contributed by atoms with van der Waals surface area (Å²) in [6.45, 7) is 2.63. The predicted molar refractivity (Wildman–Crippen MR) is 70.1 cm³/mol. The van der Waals surface area contributed by atoms with Gasteiger partial charge >= 0.3 is 0 Å². The number of hydrogen-bond donors (Lipinski definition) is 2. The van der Waals surface area contributed by atoms with E-state index in [0.717, 1.165) is 11.1 Å². The number of phenols is 1. The number of nitrogens with two attached hydrogens (primary N) is 1. The number of nitrogens with zero attached hydrogens (tertiary/aromatic N) is 2. The predicted octanol–water partition coefficient (Wildman–Crippen LogP) is 2.00. The molecule has 5 nitrogen and oxygen atoms in total. The smallest absolute Gasteiger partial charge is 0.230 e. The summed E-state index contributed by atoms with van der Waals surface area (Å²) in [4.78, 5) is 2.00. The molecular formula is C13H17N3O2.